The minimum Gasteiger partial charge on any atom is -0.473 e. The van der Waals surface area contributed by atoms with Crippen molar-refractivity contribution >= 4 is 11.6 Å². The van der Waals surface area contributed by atoms with Gasteiger partial charge >= 0.3 is 0 Å². The summed E-state index contributed by atoms with van der Waals surface area (Å²) in [6.07, 6.45) is 1.66. The van der Waals surface area contributed by atoms with Crippen LogP contribution in [-0.4, -0.2) is 30.8 Å². The maximum atomic E-state index is 12.0. The number of rotatable bonds is 6. The summed E-state index contributed by atoms with van der Waals surface area (Å²) in [6.45, 7) is 0.271. The first-order valence-corrected chi connectivity index (χ1v) is 6.71. The van der Waals surface area contributed by atoms with E-state index in [1.807, 2.05) is 30.3 Å². The fourth-order valence-corrected chi connectivity index (χ4v) is 1.88. The van der Waals surface area contributed by atoms with E-state index in [2.05, 4.69) is 15.5 Å². The lowest BCUT2D eigenvalue weighted by Crippen LogP contribution is -2.29. The van der Waals surface area contributed by atoms with E-state index < -0.39 is 0 Å². The largest absolute Gasteiger partial charge is 0.473 e. The van der Waals surface area contributed by atoms with Gasteiger partial charge in [0.1, 0.15) is 13.7 Å². The summed E-state index contributed by atoms with van der Waals surface area (Å²) in [5.41, 5.74) is 1.66. The standard InChI is InChI=1S/C16H17N3O3/c1-17-16(20)15(19-21-2)13-8-4-3-7-12(13)11-22-14-9-5-6-10-18-14/h3-10H,11H2,1-2H3,(H,17,20)/b19-15-. The number of carbonyl (C=O) groups excluding carboxylic acids is 1. The van der Waals surface area contributed by atoms with Gasteiger partial charge in [-0.05, 0) is 11.6 Å². The van der Waals surface area contributed by atoms with Crippen molar-refractivity contribution in [2.24, 2.45) is 5.16 Å². The normalized spacial score (nSPS) is 10.9. The lowest BCUT2D eigenvalue weighted by Gasteiger charge is -2.11. The summed E-state index contributed by atoms with van der Waals surface area (Å²) in [5.74, 6) is 0.189. The highest BCUT2D eigenvalue weighted by atomic mass is 16.6. The second-order valence-corrected chi connectivity index (χ2v) is 4.32. The molecule has 0 saturated carbocycles. The number of benzene rings is 1. The van der Waals surface area contributed by atoms with Crippen molar-refractivity contribution in [3.8, 4) is 5.88 Å². The molecule has 2 rings (SSSR count). The maximum absolute atomic E-state index is 12.0. The number of nitrogens with one attached hydrogen (secondary N) is 1. The van der Waals surface area contributed by atoms with Crippen molar-refractivity contribution in [2.45, 2.75) is 6.61 Å². The molecule has 0 fully saturated rings. The van der Waals surface area contributed by atoms with Gasteiger partial charge in [0.15, 0.2) is 5.71 Å². The van der Waals surface area contributed by atoms with Crippen molar-refractivity contribution in [3.63, 3.8) is 0 Å². The first-order chi connectivity index (χ1) is 10.8. The maximum Gasteiger partial charge on any atom is 0.273 e. The van der Waals surface area contributed by atoms with Gasteiger partial charge in [-0.15, -0.1) is 0 Å². The summed E-state index contributed by atoms with van der Waals surface area (Å²) < 4.78 is 5.64. The van der Waals surface area contributed by atoms with Crippen molar-refractivity contribution in [3.05, 3.63) is 59.8 Å². The molecule has 6 nitrogen and oxygen atoms in total. The van der Waals surface area contributed by atoms with Crippen LogP contribution >= 0.6 is 0 Å². The molecule has 0 saturated heterocycles. The summed E-state index contributed by atoms with van der Waals surface area (Å²) >= 11 is 0. The van der Waals surface area contributed by atoms with Crippen LogP contribution in [0.2, 0.25) is 0 Å². The molecule has 114 valence electrons. The summed E-state index contributed by atoms with van der Waals surface area (Å²) in [5, 5.41) is 6.36. The first-order valence-electron chi connectivity index (χ1n) is 6.71. The molecule has 0 aliphatic heterocycles. The van der Waals surface area contributed by atoms with Crippen molar-refractivity contribution < 1.29 is 14.4 Å². The van der Waals surface area contributed by atoms with Crippen LogP contribution < -0.4 is 10.1 Å². The fraction of sp³-hybridized carbons (Fsp3) is 0.188. The van der Waals surface area contributed by atoms with Crippen LogP contribution in [0.4, 0.5) is 0 Å². The average Bonchev–Trinajstić information content (AvgIpc) is 2.58. The topological polar surface area (TPSA) is 72.8 Å². The van der Waals surface area contributed by atoms with Gasteiger partial charge in [0, 0.05) is 24.9 Å². The Morgan fingerprint density at radius 1 is 1.23 bits per heavy atom. The molecule has 0 unspecified atom stereocenters. The number of carbonyl (C=O) groups is 1. The number of amides is 1. The Kier molecular flexibility index (Phi) is 5.48. The average molecular weight is 299 g/mol. The van der Waals surface area contributed by atoms with Gasteiger partial charge in [-0.25, -0.2) is 4.98 Å². The molecule has 1 amide bonds. The number of likely N-dealkylation sites (N-methyl/N-ethyl adjacent to an activating group) is 1. The minimum absolute atomic E-state index is 0.199. The Morgan fingerprint density at radius 3 is 2.68 bits per heavy atom. The predicted molar refractivity (Wildman–Crippen MR) is 82.6 cm³/mol. The van der Waals surface area contributed by atoms with Gasteiger partial charge in [0.05, 0.1) is 0 Å². The molecule has 0 atom stereocenters. The van der Waals surface area contributed by atoms with Crippen LogP contribution in [0.5, 0.6) is 5.88 Å². The van der Waals surface area contributed by atoms with Crippen LogP contribution in [0.3, 0.4) is 0 Å². The molecule has 0 spiro atoms. The molecule has 0 radical (unpaired) electrons. The van der Waals surface area contributed by atoms with Gasteiger partial charge in [-0.2, -0.15) is 0 Å². The van der Waals surface area contributed by atoms with Crippen molar-refractivity contribution in [1.29, 1.82) is 0 Å². The van der Waals surface area contributed by atoms with Gasteiger partial charge in [-0.1, -0.05) is 35.5 Å². The van der Waals surface area contributed by atoms with Crippen molar-refractivity contribution in [2.75, 3.05) is 14.2 Å². The van der Waals surface area contributed by atoms with Crippen LogP contribution in [0.15, 0.2) is 53.8 Å². The molecule has 1 N–H and O–H groups in total. The molecular formula is C16H17N3O3. The highest BCUT2D eigenvalue weighted by Crippen LogP contribution is 2.14. The number of aromatic nitrogens is 1. The first kappa shape index (κ1) is 15.5. The van der Waals surface area contributed by atoms with E-state index in [-0.39, 0.29) is 18.2 Å². The van der Waals surface area contributed by atoms with E-state index in [1.165, 1.54) is 7.11 Å². The third-order valence-electron chi connectivity index (χ3n) is 2.91. The lowest BCUT2D eigenvalue weighted by atomic mass is 10.0. The van der Waals surface area contributed by atoms with Crippen LogP contribution in [0, 0.1) is 0 Å². The van der Waals surface area contributed by atoms with Gasteiger partial charge in [0.25, 0.3) is 5.91 Å². The highest BCUT2D eigenvalue weighted by Gasteiger charge is 2.17. The van der Waals surface area contributed by atoms with Gasteiger partial charge in [0.2, 0.25) is 5.88 Å². The number of hydrogen-bond donors (Lipinski definition) is 1. The molecule has 0 aliphatic rings. The minimum atomic E-state index is -0.327. The van der Waals surface area contributed by atoms with Gasteiger partial charge < -0.3 is 14.9 Å². The summed E-state index contributed by atoms with van der Waals surface area (Å²) in [6, 6.07) is 12.8. The lowest BCUT2D eigenvalue weighted by molar-refractivity contribution is -0.114. The number of hydrogen-bond acceptors (Lipinski definition) is 5. The monoisotopic (exact) mass is 299 g/mol. The molecule has 22 heavy (non-hydrogen) atoms. The second kappa shape index (κ2) is 7.78. The highest BCUT2D eigenvalue weighted by molar-refractivity contribution is 6.45. The second-order valence-electron chi connectivity index (χ2n) is 4.32. The predicted octanol–water partition coefficient (Wildman–Crippen LogP) is 1.76. The Labute approximate surface area is 128 Å². The third-order valence-corrected chi connectivity index (χ3v) is 2.91. The number of ether oxygens (including phenoxy) is 1. The Balaban J connectivity index is 2.26. The summed E-state index contributed by atoms with van der Waals surface area (Å²) in [7, 11) is 2.94. The Morgan fingerprint density at radius 2 is 2.00 bits per heavy atom. The van der Waals surface area contributed by atoms with Crippen LogP contribution in [0.25, 0.3) is 0 Å². The fourth-order valence-electron chi connectivity index (χ4n) is 1.88. The molecule has 2 aromatic rings. The number of nitrogens with zero attached hydrogens (tertiary/aromatic N) is 2. The molecule has 1 aromatic carbocycles. The Bertz CT molecular complexity index is 657. The van der Waals surface area contributed by atoms with E-state index >= 15 is 0 Å². The molecular weight excluding hydrogens is 282 g/mol. The number of oxime groups is 1. The van der Waals surface area contributed by atoms with Crippen molar-refractivity contribution in [1.82, 2.24) is 10.3 Å². The van der Waals surface area contributed by atoms with E-state index in [9.17, 15) is 4.79 Å². The molecule has 1 aromatic heterocycles. The summed E-state index contributed by atoms with van der Waals surface area (Å²) in [4.78, 5) is 20.8. The Hall–Kier alpha value is -2.89. The number of pyridine rings is 1. The zero-order chi connectivity index (χ0) is 15.8. The van der Waals surface area contributed by atoms with E-state index in [4.69, 9.17) is 9.57 Å². The van der Waals surface area contributed by atoms with E-state index in [1.54, 1.807) is 25.4 Å². The van der Waals surface area contributed by atoms with Gasteiger partial charge in [-0.3, -0.25) is 4.79 Å². The smallest absolute Gasteiger partial charge is 0.273 e. The van der Waals surface area contributed by atoms with E-state index in [0.717, 1.165) is 5.56 Å². The zero-order valence-electron chi connectivity index (χ0n) is 12.4. The SMILES string of the molecule is CNC(=O)/C(=N\OC)c1ccccc1COc1ccccn1. The molecule has 6 heteroatoms. The zero-order valence-corrected chi connectivity index (χ0v) is 12.4. The molecule has 1 heterocycles. The van der Waals surface area contributed by atoms with Crippen LogP contribution in [0.1, 0.15) is 11.1 Å². The van der Waals surface area contributed by atoms with Crippen LogP contribution in [-0.2, 0) is 16.2 Å². The van der Waals surface area contributed by atoms with E-state index in [0.29, 0.717) is 11.4 Å². The molecule has 0 bridgehead atoms. The third kappa shape index (κ3) is 3.82. The molecule has 0 aliphatic carbocycles. The quantitative estimate of drug-likeness (QED) is 0.651.